The molecule has 0 heterocycles. The van der Waals surface area contributed by atoms with Crippen LogP contribution in [0.5, 0.6) is 23.0 Å². The number of aryl methyl sites for hydroxylation is 1. The van der Waals surface area contributed by atoms with Gasteiger partial charge in [-0.25, -0.2) is 0 Å². The highest BCUT2D eigenvalue weighted by Gasteiger charge is 2.69. The molecule has 8 nitrogen and oxygen atoms in total. The van der Waals surface area contributed by atoms with Gasteiger partial charge >= 0.3 is 5.97 Å². The molecule has 6 N–H and O–H groups in total. The quantitative estimate of drug-likeness (QED) is 0.131. The zero-order valence-corrected chi connectivity index (χ0v) is 32.8. The van der Waals surface area contributed by atoms with E-state index >= 15 is 0 Å². The molecule has 53 heavy (non-hydrogen) atoms. The van der Waals surface area contributed by atoms with Gasteiger partial charge in [0.05, 0.1) is 11.5 Å². The van der Waals surface area contributed by atoms with Crippen molar-refractivity contribution in [1.29, 1.82) is 0 Å². The number of benzene rings is 2. The van der Waals surface area contributed by atoms with Crippen LogP contribution in [0.15, 0.2) is 48.0 Å². The van der Waals surface area contributed by atoms with E-state index in [2.05, 4.69) is 54.5 Å². The van der Waals surface area contributed by atoms with Crippen LogP contribution in [0.2, 0.25) is 0 Å². The monoisotopic (exact) mass is 730 g/mol. The summed E-state index contributed by atoms with van der Waals surface area (Å²) in [6.07, 6.45) is 12.2. The van der Waals surface area contributed by atoms with Gasteiger partial charge in [0, 0.05) is 18.6 Å². The maximum atomic E-state index is 12.8. The third-order valence-electron chi connectivity index (χ3n) is 16.3. The van der Waals surface area contributed by atoms with Gasteiger partial charge in [-0.05, 0) is 133 Å². The first-order chi connectivity index (χ1) is 24.7. The van der Waals surface area contributed by atoms with E-state index in [1.165, 1.54) is 30.5 Å². The van der Waals surface area contributed by atoms with Gasteiger partial charge in [0.2, 0.25) is 0 Å². The van der Waals surface area contributed by atoms with Crippen molar-refractivity contribution < 1.29 is 40.2 Å². The summed E-state index contributed by atoms with van der Waals surface area (Å²) in [5.41, 5.74) is 2.12. The highest BCUT2D eigenvalue weighted by molar-refractivity contribution is 6.01. The Morgan fingerprint density at radius 1 is 0.774 bits per heavy atom. The zero-order chi connectivity index (χ0) is 38.9. The van der Waals surface area contributed by atoms with Crippen LogP contribution in [0.25, 0.3) is 0 Å². The van der Waals surface area contributed by atoms with E-state index < -0.39 is 28.7 Å². The molecular weight excluding hydrogens is 668 g/mol. The lowest BCUT2D eigenvalue weighted by Crippen LogP contribution is -2.65. The van der Waals surface area contributed by atoms with E-state index in [1.54, 1.807) is 12.1 Å². The lowest BCUT2D eigenvalue weighted by molar-refractivity contribution is -0.206. The van der Waals surface area contributed by atoms with E-state index in [-0.39, 0.29) is 57.2 Å². The van der Waals surface area contributed by atoms with Crippen molar-refractivity contribution in [1.82, 2.24) is 0 Å². The molecule has 0 unspecified atom stereocenters. The Bertz CT molecular complexity index is 1740. The molecule has 0 saturated heterocycles. The number of aliphatic hydroxyl groups is 1. The summed E-state index contributed by atoms with van der Waals surface area (Å²) < 4.78 is 0. The summed E-state index contributed by atoms with van der Waals surface area (Å²) in [6, 6.07) is 8.45. The SMILES string of the molecule is C[C@H]1[C@H](C)CC[C@]2(C(=O)O)CC[C@]3(C)C(=CC[C@@H]4[C@@]5(C)CC[C@H](O)C(C)(C)[C@@H]5CC[C@]43C)[C@H]12.O=C(CCc1ccc(O)cc1)c1c(O)cc(O)cc1O. The lowest BCUT2D eigenvalue weighted by atomic mass is 9.33. The van der Waals surface area contributed by atoms with Gasteiger partial charge in [0.15, 0.2) is 5.78 Å². The van der Waals surface area contributed by atoms with Crippen LogP contribution in [0.4, 0.5) is 0 Å². The molecule has 0 amide bonds. The number of aliphatic carboxylic acids is 1. The molecule has 5 aliphatic rings. The Balaban J connectivity index is 0.000000206. The van der Waals surface area contributed by atoms with Gasteiger partial charge in [-0.2, -0.15) is 0 Å². The van der Waals surface area contributed by atoms with Gasteiger partial charge in [-0.3, -0.25) is 9.59 Å². The number of allylic oxidation sites excluding steroid dienone is 2. The van der Waals surface area contributed by atoms with Crippen molar-refractivity contribution in [3.63, 3.8) is 0 Å². The van der Waals surface area contributed by atoms with E-state index in [9.17, 15) is 35.1 Å². The Morgan fingerprint density at radius 2 is 1.42 bits per heavy atom. The molecule has 4 fully saturated rings. The Morgan fingerprint density at radius 3 is 2.04 bits per heavy atom. The molecule has 7 rings (SSSR count). The van der Waals surface area contributed by atoms with Crippen LogP contribution in [0.1, 0.15) is 129 Å². The number of Topliss-reactive ketones (excluding diaryl/α,β-unsaturated/α-hetero) is 1. The topological polar surface area (TPSA) is 156 Å². The van der Waals surface area contributed by atoms with Crippen molar-refractivity contribution >= 4 is 11.8 Å². The summed E-state index contributed by atoms with van der Waals surface area (Å²) in [6.45, 7) is 17.0. The minimum Gasteiger partial charge on any atom is -0.508 e. The van der Waals surface area contributed by atoms with Crippen LogP contribution >= 0.6 is 0 Å². The second-order valence-corrected chi connectivity index (χ2v) is 18.9. The number of hydrogen-bond donors (Lipinski definition) is 6. The Labute approximate surface area is 315 Å². The maximum Gasteiger partial charge on any atom is 0.310 e. The smallest absolute Gasteiger partial charge is 0.310 e. The number of carbonyl (C=O) groups excluding carboxylic acids is 1. The van der Waals surface area contributed by atoms with Crippen LogP contribution in [0, 0.1) is 56.7 Å². The standard InChI is InChI=1S/C30H48O3.C15H14O5/c1-18-10-15-30(25(32)33)17-16-28(6)20(24(30)19(18)2)8-9-22-27(5)13-12-23(31)26(3,4)21(27)11-14-29(22,28)7;16-10-4-1-9(2-5-10)3-6-12(18)15-13(19)7-11(17)8-14(15)20/h8,18-19,21-24,31H,9-17H2,1-7H3,(H,32,33);1-2,4-5,7-8,16-17,19-20H,3,6H2/t18-,19+,21+,22-,23+,24+,27+,28-,29-,30+;/m1./s1. The third-order valence-corrected chi connectivity index (χ3v) is 16.3. The first kappa shape index (κ1) is 39.2. The molecule has 0 aliphatic heterocycles. The fourth-order valence-corrected chi connectivity index (χ4v) is 12.8. The second-order valence-electron chi connectivity index (χ2n) is 18.9. The van der Waals surface area contributed by atoms with Gasteiger partial charge in [-0.15, -0.1) is 0 Å². The molecule has 0 aromatic heterocycles. The van der Waals surface area contributed by atoms with Crippen LogP contribution < -0.4 is 0 Å². The fraction of sp³-hybridized carbons (Fsp3) is 0.644. The highest BCUT2D eigenvalue weighted by atomic mass is 16.4. The van der Waals surface area contributed by atoms with Gasteiger partial charge in [-0.1, -0.05) is 72.2 Å². The molecule has 5 aliphatic carbocycles. The largest absolute Gasteiger partial charge is 0.508 e. The Hall–Kier alpha value is -3.52. The summed E-state index contributed by atoms with van der Waals surface area (Å²) in [7, 11) is 0. The number of ketones is 1. The molecule has 2 aromatic rings. The number of rotatable bonds is 5. The summed E-state index contributed by atoms with van der Waals surface area (Å²) in [5.74, 6) is 0.347. The van der Waals surface area contributed by atoms with Crippen LogP contribution in [-0.2, 0) is 11.2 Å². The number of carbonyl (C=O) groups is 2. The first-order valence-electron chi connectivity index (χ1n) is 19.9. The molecule has 4 saturated carbocycles. The van der Waals surface area contributed by atoms with Crippen molar-refractivity contribution in [2.24, 2.45) is 56.7 Å². The predicted octanol–water partition coefficient (Wildman–Crippen LogP) is 9.41. The molecule has 290 valence electrons. The predicted molar refractivity (Wildman–Crippen MR) is 205 cm³/mol. The van der Waals surface area contributed by atoms with Crippen molar-refractivity contribution in [2.45, 2.75) is 125 Å². The average molecular weight is 731 g/mol. The molecule has 8 heteroatoms. The van der Waals surface area contributed by atoms with Gasteiger partial charge in [0.25, 0.3) is 0 Å². The second kappa shape index (κ2) is 13.6. The van der Waals surface area contributed by atoms with E-state index in [0.717, 1.165) is 62.6 Å². The number of phenolic OH excluding ortho intramolecular Hbond substituents is 4. The Kier molecular flexibility index (Phi) is 10.1. The molecule has 0 radical (unpaired) electrons. The first-order valence-corrected chi connectivity index (χ1v) is 19.9. The number of aromatic hydroxyl groups is 4. The average Bonchev–Trinajstić information content (AvgIpc) is 3.08. The summed E-state index contributed by atoms with van der Waals surface area (Å²) in [4.78, 5) is 24.8. The summed E-state index contributed by atoms with van der Waals surface area (Å²) in [5, 5.41) is 58.9. The van der Waals surface area contributed by atoms with Crippen LogP contribution in [-0.4, -0.2) is 48.5 Å². The van der Waals surface area contributed by atoms with E-state index in [0.29, 0.717) is 30.1 Å². The third kappa shape index (κ3) is 6.15. The number of aliphatic hydroxyl groups excluding tert-OH is 1. The number of hydrogen-bond acceptors (Lipinski definition) is 7. The number of carboxylic acid groups (broad SMARTS) is 1. The molecule has 2 aromatic carbocycles. The number of fused-ring (bicyclic) bond motifs is 7. The molecule has 0 spiro atoms. The van der Waals surface area contributed by atoms with E-state index in [1.807, 2.05) is 0 Å². The van der Waals surface area contributed by atoms with Gasteiger partial charge < -0.3 is 30.6 Å². The lowest BCUT2D eigenvalue weighted by Gasteiger charge is -2.71. The van der Waals surface area contributed by atoms with Crippen molar-refractivity contribution in [3.8, 4) is 23.0 Å². The highest BCUT2D eigenvalue weighted by Crippen LogP contribution is 2.75. The van der Waals surface area contributed by atoms with Crippen molar-refractivity contribution in [3.05, 3.63) is 59.2 Å². The number of phenols is 4. The van der Waals surface area contributed by atoms with Crippen molar-refractivity contribution in [2.75, 3.05) is 0 Å². The molecule has 10 atom stereocenters. The fourth-order valence-electron chi connectivity index (χ4n) is 12.8. The zero-order valence-electron chi connectivity index (χ0n) is 32.8. The van der Waals surface area contributed by atoms with Crippen LogP contribution in [0.3, 0.4) is 0 Å². The maximum absolute atomic E-state index is 12.8. The summed E-state index contributed by atoms with van der Waals surface area (Å²) >= 11 is 0. The van der Waals surface area contributed by atoms with Gasteiger partial charge in [0.1, 0.15) is 28.6 Å². The molecule has 0 bridgehead atoms. The normalized spacial score (nSPS) is 38.4. The molecular formula is C45H62O8. The number of carboxylic acids is 1. The minimum absolute atomic E-state index is 0.0302. The van der Waals surface area contributed by atoms with E-state index in [4.69, 9.17) is 5.11 Å². The minimum atomic E-state index is -0.557.